The largest absolute Gasteiger partial charge is 0.756 e. The van der Waals surface area contributed by atoms with Crippen molar-refractivity contribution < 1.29 is 54.4 Å². The summed E-state index contributed by atoms with van der Waals surface area (Å²) in [7, 11) is -5.32. The maximum atomic E-state index is 12.7. The van der Waals surface area contributed by atoms with Gasteiger partial charge in [0, 0.05) is 12.8 Å². The molecule has 10 heteroatoms. The lowest BCUT2D eigenvalue weighted by Gasteiger charge is -2.28. The number of nitrogens with zero attached hydrogens (tertiary/aromatic N) is 1. The predicted octanol–water partition coefficient (Wildman–Crippen LogP) is 9.83. The molecule has 0 radical (unpaired) electrons. The molecular weight excluding hydrogens is 629 g/mol. The Kier molecular flexibility index (Phi) is 21.9. The normalized spacial score (nSPS) is 17.3. The lowest BCUT2D eigenvalue weighted by Crippen LogP contribution is -2.37. The van der Waals surface area contributed by atoms with E-state index in [2.05, 4.69) is 13.8 Å². The van der Waals surface area contributed by atoms with Crippen LogP contribution in [0.4, 0.5) is 0 Å². The Hall–Kier alpha value is -0.990. The number of quaternary nitrogens is 1. The molecule has 2 atom stereocenters. The van der Waals surface area contributed by atoms with Gasteiger partial charge in [-0.1, -0.05) is 155 Å². The molecule has 0 spiro atoms. The van der Waals surface area contributed by atoms with E-state index in [9.17, 15) is 19.0 Å². The van der Waals surface area contributed by atoms with Crippen molar-refractivity contribution in [3.8, 4) is 0 Å². The summed E-state index contributed by atoms with van der Waals surface area (Å²) < 4.78 is 99.6. The number of hydrogen-bond acceptors (Lipinski definition) is 8. The van der Waals surface area contributed by atoms with Crippen LogP contribution in [0.5, 0.6) is 0 Å². The zero-order valence-electron chi connectivity index (χ0n) is 39.5. The van der Waals surface area contributed by atoms with Gasteiger partial charge in [-0.05, 0) is 12.8 Å². The number of phosphoric acid groups is 1. The highest BCUT2D eigenvalue weighted by molar-refractivity contribution is 7.45. The summed E-state index contributed by atoms with van der Waals surface area (Å²) in [6, 6.07) is 0. The fraction of sp³-hybridized carbons (Fsp3) is 0.947. The number of rotatable bonds is 36. The quantitative estimate of drug-likeness (QED) is 0.0273. The summed E-state index contributed by atoms with van der Waals surface area (Å²) in [6.45, 7) is -10.0. The molecule has 0 aromatic rings. The summed E-state index contributed by atoms with van der Waals surface area (Å²) in [6.07, 6.45) is 25.8. The lowest BCUT2D eigenvalue weighted by molar-refractivity contribution is -0.870. The Morgan fingerprint density at radius 2 is 1.00 bits per heavy atom. The molecule has 0 heterocycles. The molecule has 0 fully saturated rings. The van der Waals surface area contributed by atoms with Crippen molar-refractivity contribution in [2.75, 3.05) is 47.3 Å². The van der Waals surface area contributed by atoms with E-state index in [1.165, 1.54) is 89.9 Å². The Morgan fingerprint density at radius 3 is 1.42 bits per heavy atom. The van der Waals surface area contributed by atoms with Gasteiger partial charge in [0.05, 0.1) is 39.9 Å². The predicted molar refractivity (Wildman–Crippen MR) is 195 cm³/mol. The Morgan fingerprint density at radius 1 is 0.604 bits per heavy atom. The van der Waals surface area contributed by atoms with Gasteiger partial charge in [0.25, 0.3) is 7.82 Å². The molecule has 9 nitrogen and oxygen atoms in total. The van der Waals surface area contributed by atoms with Crippen molar-refractivity contribution in [3.63, 3.8) is 0 Å². The lowest BCUT2D eigenvalue weighted by atomic mass is 10.0. The molecule has 0 aliphatic heterocycles. The van der Waals surface area contributed by atoms with Gasteiger partial charge in [-0.25, -0.2) is 0 Å². The molecule has 0 aliphatic carbocycles. The highest BCUT2D eigenvalue weighted by atomic mass is 31.2. The van der Waals surface area contributed by atoms with Gasteiger partial charge in [0.2, 0.25) is 0 Å². The maximum absolute atomic E-state index is 12.7. The number of esters is 2. The van der Waals surface area contributed by atoms with Gasteiger partial charge in [-0.2, -0.15) is 0 Å². The molecule has 0 rings (SSSR count). The molecule has 0 saturated carbocycles. The van der Waals surface area contributed by atoms with Gasteiger partial charge in [-0.15, -0.1) is 0 Å². The van der Waals surface area contributed by atoms with Crippen molar-refractivity contribution in [2.24, 2.45) is 0 Å². The van der Waals surface area contributed by atoms with E-state index in [-0.39, 0.29) is 12.8 Å². The summed E-state index contributed by atoms with van der Waals surface area (Å²) >= 11 is 0. The zero-order chi connectivity index (χ0) is 43.3. The van der Waals surface area contributed by atoms with Gasteiger partial charge < -0.3 is 27.9 Å². The summed E-state index contributed by atoms with van der Waals surface area (Å²) in [4.78, 5) is 37.9. The van der Waals surface area contributed by atoms with Crippen LogP contribution in [0, 0.1) is 0 Å². The number of phosphoric ester groups is 1. The Labute approximate surface area is 308 Å². The second kappa shape index (κ2) is 32.0. The minimum absolute atomic E-state index is 0.0611. The fourth-order valence-corrected chi connectivity index (χ4v) is 6.07. The van der Waals surface area contributed by atoms with E-state index in [4.69, 9.17) is 30.9 Å². The van der Waals surface area contributed by atoms with Crippen molar-refractivity contribution in [1.29, 1.82) is 0 Å². The van der Waals surface area contributed by atoms with Crippen LogP contribution < -0.4 is 4.89 Å². The topological polar surface area (TPSA) is 111 Å². The molecule has 0 aromatic carbocycles. The molecule has 286 valence electrons. The second-order valence-corrected chi connectivity index (χ2v) is 14.6. The minimum atomic E-state index is -5.32. The Balaban J connectivity index is 5.03. The maximum Gasteiger partial charge on any atom is 0.306 e. The molecule has 48 heavy (non-hydrogen) atoms. The van der Waals surface area contributed by atoms with Crippen LogP contribution >= 0.6 is 7.82 Å². The number of hydrogen-bond donors (Lipinski definition) is 0. The molecule has 0 amide bonds. The summed E-state index contributed by atoms with van der Waals surface area (Å²) in [5.41, 5.74) is 0. The number of likely N-dealkylation sites (N-methyl/N-ethyl adjacent to an activating group) is 1. The molecule has 0 bridgehead atoms. The van der Waals surface area contributed by atoms with Crippen LogP contribution in [0.2, 0.25) is 0 Å². The van der Waals surface area contributed by atoms with E-state index < -0.39 is 77.6 Å². The summed E-state index contributed by atoms with van der Waals surface area (Å²) in [5, 5.41) is 0. The van der Waals surface area contributed by atoms with Crippen LogP contribution in [0.3, 0.4) is 0 Å². The van der Waals surface area contributed by atoms with Crippen LogP contribution in [0.15, 0.2) is 0 Å². The van der Waals surface area contributed by atoms with E-state index in [0.29, 0.717) is 12.8 Å². The number of carbonyl (C=O) groups excluding carboxylic acids is 2. The van der Waals surface area contributed by atoms with Crippen LogP contribution in [0.1, 0.15) is 193 Å². The first-order valence-electron chi connectivity index (χ1n) is 23.6. The second-order valence-electron chi connectivity index (χ2n) is 13.2. The van der Waals surface area contributed by atoms with Gasteiger partial charge >= 0.3 is 11.9 Å². The summed E-state index contributed by atoms with van der Waals surface area (Å²) in [5.74, 6) is -1.18. The molecule has 0 aliphatic rings. The SMILES string of the molecule is [2H]C([2H])([2H])[N+](CCOP(=O)([O-])OC[C@@H](COC(=O)CCCCCCCCCCCCCC)OC(=O)CCCCCCCCCCCCCC)(C([2H])([2H])[2H])C([2H])([2H])[2H]. The minimum Gasteiger partial charge on any atom is -0.756 e. The highest BCUT2D eigenvalue weighted by Gasteiger charge is 2.21. The fourth-order valence-electron chi connectivity index (χ4n) is 5.34. The third-order valence-corrected chi connectivity index (χ3v) is 9.26. The van der Waals surface area contributed by atoms with E-state index >= 15 is 0 Å². The van der Waals surface area contributed by atoms with Crippen molar-refractivity contribution in [2.45, 2.75) is 187 Å². The first-order chi connectivity index (χ1) is 26.7. The average Bonchev–Trinajstić information content (AvgIpc) is 3.10. The monoisotopic (exact) mass is 715 g/mol. The third kappa shape index (κ3) is 34.9. The van der Waals surface area contributed by atoms with Crippen molar-refractivity contribution in [1.82, 2.24) is 0 Å². The molecular formula is C38H76NO8P. The molecule has 1 unspecified atom stereocenters. The van der Waals surface area contributed by atoms with Crippen molar-refractivity contribution in [3.05, 3.63) is 0 Å². The molecule has 0 saturated heterocycles. The van der Waals surface area contributed by atoms with Crippen LogP contribution in [-0.2, 0) is 32.7 Å². The number of unbranched alkanes of at least 4 members (excludes halogenated alkanes) is 22. The van der Waals surface area contributed by atoms with Crippen LogP contribution in [-0.4, -0.2) is 69.8 Å². The smallest absolute Gasteiger partial charge is 0.306 e. The molecule has 0 N–H and O–H groups in total. The van der Waals surface area contributed by atoms with E-state index in [1.807, 2.05) is 0 Å². The molecule has 0 aromatic heterocycles. The number of carbonyl (C=O) groups is 2. The van der Waals surface area contributed by atoms with E-state index in [1.54, 1.807) is 0 Å². The zero-order valence-corrected chi connectivity index (χ0v) is 31.3. The Bertz CT molecular complexity index is 1060. The average molecular weight is 715 g/mol. The van der Waals surface area contributed by atoms with Crippen LogP contribution in [0.25, 0.3) is 0 Å². The van der Waals surface area contributed by atoms with Gasteiger partial charge in [0.1, 0.15) is 19.8 Å². The van der Waals surface area contributed by atoms with Crippen molar-refractivity contribution >= 4 is 19.8 Å². The first kappa shape index (κ1) is 32.9. The first-order valence-corrected chi connectivity index (χ1v) is 20.5. The standard InChI is InChI=1S/C38H76NO8P/c1-6-8-10-12-14-16-18-20-22-24-26-28-30-37(40)44-34-36(35-46-48(42,43)45-33-32-39(3,4)5)47-38(41)31-29-27-25-23-21-19-17-15-13-11-9-7-2/h36H,6-35H2,1-5H3/t36-/m1/s1/i3D3,4D3,5D3. The highest BCUT2D eigenvalue weighted by Crippen LogP contribution is 2.38. The van der Waals surface area contributed by atoms with Gasteiger partial charge in [-0.3, -0.25) is 14.2 Å². The third-order valence-electron chi connectivity index (χ3n) is 8.29. The van der Waals surface area contributed by atoms with Gasteiger partial charge in [0.15, 0.2) is 6.10 Å². The van der Waals surface area contributed by atoms with E-state index in [0.717, 1.165) is 51.4 Å². The number of ether oxygens (including phenoxy) is 2.